The summed E-state index contributed by atoms with van der Waals surface area (Å²) in [6.45, 7) is 5.44. The Morgan fingerprint density at radius 2 is 2.05 bits per heavy atom. The van der Waals surface area contributed by atoms with Crippen LogP contribution in [-0.2, 0) is 12.8 Å². The van der Waals surface area contributed by atoms with Gasteiger partial charge in [0.25, 0.3) is 0 Å². The highest BCUT2D eigenvalue weighted by Crippen LogP contribution is 2.37. The van der Waals surface area contributed by atoms with Crippen LogP contribution < -0.4 is 5.32 Å². The van der Waals surface area contributed by atoms with Crippen LogP contribution in [0.15, 0.2) is 6.07 Å². The highest BCUT2D eigenvalue weighted by atomic mass is 32.1. The fourth-order valence-electron chi connectivity index (χ4n) is 2.80. The number of fused-ring (bicyclic) bond motifs is 1. The third-order valence-electron chi connectivity index (χ3n) is 4.00. The molecule has 0 amide bonds. The van der Waals surface area contributed by atoms with Crippen molar-refractivity contribution in [1.82, 2.24) is 15.5 Å². The number of hydrogen-bond acceptors (Lipinski definition) is 5. The summed E-state index contributed by atoms with van der Waals surface area (Å²) in [4.78, 5) is 2.89. The fraction of sp³-hybridized carbons (Fsp3) is 0.625. The van der Waals surface area contributed by atoms with Crippen molar-refractivity contribution in [3.05, 3.63) is 21.5 Å². The molecule has 0 saturated heterocycles. The second-order valence-electron chi connectivity index (χ2n) is 5.63. The third-order valence-corrected chi connectivity index (χ3v) is 6.44. The van der Waals surface area contributed by atoms with Crippen LogP contribution in [-0.4, -0.2) is 16.7 Å². The number of nitrogens with zero attached hydrogens (tertiary/aromatic N) is 2. The van der Waals surface area contributed by atoms with Gasteiger partial charge in [-0.3, -0.25) is 0 Å². The van der Waals surface area contributed by atoms with Gasteiger partial charge >= 0.3 is 0 Å². The van der Waals surface area contributed by atoms with Gasteiger partial charge in [-0.1, -0.05) is 25.2 Å². The largest absolute Gasteiger partial charge is 0.308 e. The Hall–Kier alpha value is -0.780. The third kappa shape index (κ3) is 3.35. The Kier molecular flexibility index (Phi) is 5.03. The van der Waals surface area contributed by atoms with Crippen LogP contribution >= 0.6 is 22.7 Å². The van der Waals surface area contributed by atoms with Crippen molar-refractivity contribution in [2.45, 2.75) is 58.4 Å². The maximum atomic E-state index is 4.45. The van der Waals surface area contributed by atoms with E-state index in [1.807, 2.05) is 11.3 Å². The Labute approximate surface area is 134 Å². The van der Waals surface area contributed by atoms with E-state index in [1.165, 1.54) is 30.6 Å². The van der Waals surface area contributed by atoms with E-state index in [-0.39, 0.29) is 0 Å². The van der Waals surface area contributed by atoms with E-state index in [1.54, 1.807) is 21.8 Å². The molecule has 3 nitrogen and oxygen atoms in total. The molecule has 1 aliphatic rings. The van der Waals surface area contributed by atoms with E-state index in [4.69, 9.17) is 0 Å². The molecule has 5 heteroatoms. The lowest BCUT2D eigenvalue weighted by molar-refractivity contribution is 0.513. The molecule has 3 rings (SSSR count). The number of rotatable bonds is 6. The van der Waals surface area contributed by atoms with Gasteiger partial charge in [0.2, 0.25) is 0 Å². The SMILES string of the molecule is CCCNC(CC)c1nnc(-c2cc3c(s2)CCCC3)s1. The fourth-order valence-corrected chi connectivity index (χ4v) is 5.09. The molecule has 114 valence electrons. The molecule has 1 N–H and O–H groups in total. The Bertz CT molecular complexity index is 565. The maximum Gasteiger partial charge on any atom is 0.157 e. The van der Waals surface area contributed by atoms with Crippen LogP contribution in [0.1, 0.15) is 61.0 Å². The highest BCUT2D eigenvalue weighted by molar-refractivity contribution is 7.21. The summed E-state index contributed by atoms with van der Waals surface area (Å²) in [6, 6.07) is 2.70. The molecule has 0 radical (unpaired) electrons. The van der Waals surface area contributed by atoms with Crippen LogP contribution in [0.4, 0.5) is 0 Å². The average molecular weight is 322 g/mol. The zero-order chi connectivity index (χ0) is 14.7. The van der Waals surface area contributed by atoms with Gasteiger partial charge < -0.3 is 5.32 Å². The topological polar surface area (TPSA) is 37.8 Å². The first-order valence-corrected chi connectivity index (χ1v) is 9.63. The van der Waals surface area contributed by atoms with Crippen LogP contribution in [0.2, 0.25) is 0 Å². The molecule has 0 saturated carbocycles. The lowest BCUT2D eigenvalue weighted by atomic mass is 9.99. The zero-order valence-electron chi connectivity index (χ0n) is 12.8. The minimum atomic E-state index is 0.353. The molecule has 2 aromatic rings. The molecule has 2 aromatic heterocycles. The Morgan fingerprint density at radius 3 is 2.81 bits per heavy atom. The summed E-state index contributed by atoms with van der Waals surface area (Å²) in [6.07, 6.45) is 7.39. The predicted octanol–water partition coefficient (Wildman–Crippen LogP) is 4.60. The first kappa shape index (κ1) is 15.1. The summed E-state index contributed by atoms with van der Waals surface area (Å²) in [5.41, 5.74) is 1.55. The minimum Gasteiger partial charge on any atom is -0.308 e. The second kappa shape index (κ2) is 6.99. The summed E-state index contributed by atoms with van der Waals surface area (Å²) in [7, 11) is 0. The van der Waals surface area contributed by atoms with E-state index in [9.17, 15) is 0 Å². The molecule has 0 spiro atoms. The van der Waals surface area contributed by atoms with Gasteiger partial charge in [0, 0.05) is 4.88 Å². The van der Waals surface area contributed by atoms with Gasteiger partial charge in [0.1, 0.15) is 5.01 Å². The quantitative estimate of drug-likeness (QED) is 0.845. The molecule has 2 heterocycles. The number of hydrogen-bond donors (Lipinski definition) is 1. The molecule has 0 aromatic carbocycles. The first-order chi connectivity index (χ1) is 10.3. The highest BCUT2D eigenvalue weighted by Gasteiger charge is 2.19. The molecular formula is C16H23N3S2. The molecule has 1 aliphatic carbocycles. The van der Waals surface area contributed by atoms with Gasteiger partial charge in [-0.2, -0.15) is 0 Å². The summed E-state index contributed by atoms with van der Waals surface area (Å²) < 4.78 is 0. The first-order valence-electron chi connectivity index (χ1n) is 8.00. The van der Waals surface area contributed by atoms with Crippen molar-refractivity contribution < 1.29 is 0 Å². The van der Waals surface area contributed by atoms with Crippen LogP contribution in [0.5, 0.6) is 0 Å². The molecule has 0 aliphatic heterocycles. The standard InChI is InChI=1S/C16H23N3S2/c1-3-9-17-12(4-2)15-18-19-16(21-15)14-10-11-7-5-6-8-13(11)20-14/h10,12,17H,3-9H2,1-2H3. The van der Waals surface area contributed by atoms with Crippen molar-refractivity contribution >= 4 is 22.7 Å². The molecular weight excluding hydrogens is 298 g/mol. The van der Waals surface area contributed by atoms with Crippen molar-refractivity contribution in [2.75, 3.05) is 6.54 Å². The smallest absolute Gasteiger partial charge is 0.157 e. The lowest BCUT2D eigenvalue weighted by Crippen LogP contribution is -2.21. The van der Waals surface area contributed by atoms with Crippen molar-refractivity contribution in [1.29, 1.82) is 0 Å². The van der Waals surface area contributed by atoms with Gasteiger partial charge in [-0.15, -0.1) is 21.5 Å². The number of aryl methyl sites for hydroxylation is 2. The molecule has 1 atom stereocenters. The normalized spacial score (nSPS) is 15.9. The van der Waals surface area contributed by atoms with Crippen LogP contribution in [0, 0.1) is 0 Å². The zero-order valence-corrected chi connectivity index (χ0v) is 14.4. The lowest BCUT2D eigenvalue weighted by Gasteiger charge is -2.12. The number of thiophene rings is 1. The maximum absolute atomic E-state index is 4.45. The van der Waals surface area contributed by atoms with Crippen molar-refractivity contribution in [2.24, 2.45) is 0 Å². The molecule has 1 unspecified atom stereocenters. The van der Waals surface area contributed by atoms with E-state index >= 15 is 0 Å². The predicted molar refractivity (Wildman–Crippen MR) is 91.2 cm³/mol. The van der Waals surface area contributed by atoms with E-state index < -0.39 is 0 Å². The monoisotopic (exact) mass is 321 g/mol. The summed E-state index contributed by atoms with van der Waals surface area (Å²) >= 11 is 3.68. The summed E-state index contributed by atoms with van der Waals surface area (Å²) in [5.74, 6) is 0. The number of aromatic nitrogens is 2. The van der Waals surface area contributed by atoms with Gasteiger partial charge in [0.15, 0.2) is 5.01 Å². The van der Waals surface area contributed by atoms with Gasteiger partial charge in [-0.05, 0) is 56.7 Å². The van der Waals surface area contributed by atoms with E-state index in [0.29, 0.717) is 6.04 Å². The van der Waals surface area contributed by atoms with Gasteiger partial charge in [-0.25, -0.2) is 0 Å². The van der Waals surface area contributed by atoms with Gasteiger partial charge in [0.05, 0.1) is 10.9 Å². The van der Waals surface area contributed by atoms with Crippen molar-refractivity contribution in [3.8, 4) is 9.88 Å². The molecule has 0 bridgehead atoms. The minimum absolute atomic E-state index is 0.353. The average Bonchev–Trinajstić information content (AvgIpc) is 3.14. The van der Waals surface area contributed by atoms with Crippen molar-refractivity contribution in [3.63, 3.8) is 0 Å². The Balaban J connectivity index is 1.79. The molecule has 21 heavy (non-hydrogen) atoms. The van der Waals surface area contributed by atoms with E-state index in [2.05, 4.69) is 35.4 Å². The van der Waals surface area contributed by atoms with Crippen LogP contribution in [0.3, 0.4) is 0 Å². The molecule has 0 fully saturated rings. The van der Waals surface area contributed by atoms with Crippen LogP contribution in [0.25, 0.3) is 9.88 Å². The second-order valence-corrected chi connectivity index (χ2v) is 7.77. The summed E-state index contributed by atoms with van der Waals surface area (Å²) in [5, 5.41) is 14.7. The number of nitrogens with one attached hydrogen (secondary N) is 1. The Morgan fingerprint density at radius 1 is 1.19 bits per heavy atom. The van der Waals surface area contributed by atoms with E-state index in [0.717, 1.165) is 29.4 Å².